The van der Waals surface area contributed by atoms with Crippen molar-refractivity contribution in [1.29, 1.82) is 0 Å². The summed E-state index contributed by atoms with van der Waals surface area (Å²) in [7, 11) is 1.82. The molecule has 0 bridgehead atoms. The predicted molar refractivity (Wildman–Crippen MR) is 92.2 cm³/mol. The van der Waals surface area contributed by atoms with Crippen LogP contribution in [-0.2, 0) is 14.3 Å². The zero-order valence-corrected chi connectivity index (χ0v) is 14.6. The molecule has 0 aromatic heterocycles. The molecule has 2 rings (SSSR count). The highest BCUT2D eigenvalue weighted by atomic mass is 16.5. The quantitative estimate of drug-likeness (QED) is 0.580. The van der Waals surface area contributed by atoms with Crippen LogP contribution in [0.3, 0.4) is 0 Å². The molecule has 1 aromatic carbocycles. The van der Waals surface area contributed by atoms with E-state index in [1.54, 1.807) is 36.1 Å². The molecule has 25 heavy (non-hydrogen) atoms. The van der Waals surface area contributed by atoms with Crippen LogP contribution in [-0.4, -0.2) is 68.6 Å². The van der Waals surface area contributed by atoms with Gasteiger partial charge in [0.05, 0.1) is 20.3 Å². The van der Waals surface area contributed by atoms with Crippen LogP contribution in [0.5, 0.6) is 0 Å². The number of amides is 3. The Morgan fingerprint density at radius 1 is 1.24 bits per heavy atom. The summed E-state index contributed by atoms with van der Waals surface area (Å²) in [6, 6.07) is 5.96. The van der Waals surface area contributed by atoms with E-state index in [4.69, 9.17) is 10.5 Å². The Bertz CT molecular complexity index is 626. The number of carbonyl (C=O) groups excluding carboxylic acids is 3. The first-order valence-corrected chi connectivity index (χ1v) is 8.27. The van der Waals surface area contributed by atoms with Crippen molar-refractivity contribution in [3.05, 3.63) is 29.8 Å². The van der Waals surface area contributed by atoms with Gasteiger partial charge in [-0.1, -0.05) is 0 Å². The molecule has 1 aliphatic heterocycles. The van der Waals surface area contributed by atoms with Gasteiger partial charge < -0.3 is 25.6 Å². The van der Waals surface area contributed by atoms with Crippen LogP contribution >= 0.6 is 0 Å². The Kier molecular flexibility index (Phi) is 6.49. The number of nitrogens with one attached hydrogen (secondary N) is 2. The third-order valence-corrected chi connectivity index (χ3v) is 4.36. The van der Waals surface area contributed by atoms with E-state index in [2.05, 4.69) is 5.32 Å². The average Bonchev–Trinajstić information content (AvgIpc) is 2.62. The SMILES string of the molecule is C[C@@H](C(=O)Nc1ccc(C(N)=O)cc1)[NH+](C)CC(=O)N1CCOCC1. The number of quaternary nitrogens is 1. The fourth-order valence-corrected chi connectivity index (χ4v) is 2.51. The van der Waals surface area contributed by atoms with Gasteiger partial charge in [0, 0.05) is 24.3 Å². The van der Waals surface area contributed by atoms with E-state index in [0.29, 0.717) is 37.6 Å². The Labute approximate surface area is 146 Å². The second kappa shape index (κ2) is 8.59. The topological polar surface area (TPSA) is 106 Å². The number of ether oxygens (including phenoxy) is 1. The van der Waals surface area contributed by atoms with Gasteiger partial charge in [0.2, 0.25) is 5.91 Å². The van der Waals surface area contributed by atoms with Gasteiger partial charge >= 0.3 is 0 Å². The lowest BCUT2D eigenvalue weighted by Gasteiger charge is -2.28. The number of nitrogens with two attached hydrogens (primary N) is 1. The highest BCUT2D eigenvalue weighted by Gasteiger charge is 2.27. The first-order valence-electron chi connectivity index (χ1n) is 8.27. The molecule has 1 heterocycles. The normalized spacial score (nSPS) is 16.8. The summed E-state index contributed by atoms with van der Waals surface area (Å²) in [6.07, 6.45) is 0. The summed E-state index contributed by atoms with van der Waals surface area (Å²) in [4.78, 5) is 38.3. The minimum absolute atomic E-state index is 0.0197. The maximum absolute atomic E-state index is 12.4. The van der Waals surface area contributed by atoms with E-state index < -0.39 is 11.9 Å². The van der Waals surface area contributed by atoms with Crippen molar-refractivity contribution >= 4 is 23.4 Å². The van der Waals surface area contributed by atoms with Crippen LogP contribution in [0, 0.1) is 0 Å². The first-order chi connectivity index (χ1) is 11.9. The number of likely N-dealkylation sites (N-methyl/N-ethyl adjacent to an activating group) is 1. The summed E-state index contributed by atoms with van der Waals surface area (Å²) in [5, 5.41) is 2.78. The molecule has 1 aromatic rings. The molecule has 0 spiro atoms. The summed E-state index contributed by atoms with van der Waals surface area (Å²) in [6.45, 7) is 4.33. The number of carbonyl (C=O) groups is 3. The van der Waals surface area contributed by atoms with Gasteiger partial charge in [-0.3, -0.25) is 14.4 Å². The van der Waals surface area contributed by atoms with Crippen LogP contribution in [0.1, 0.15) is 17.3 Å². The van der Waals surface area contributed by atoms with Crippen LogP contribution in [0.15, 0.2) is 24.3 Å². The van der Waals surface area contributed by atoms with Gasteiger partial charge in [0.1, 0.15) is 0 Å². The fraction of sp³-hybridized carbons (Fsp3) is 0.471. The number of hydrogen-bond donors (Lipinski definition) is 3. The lowest BCUT2D eigenvalue weighted by molar-refractivity contribution is -0.886. The van der Waals surface area contributed by atoms with E-state index in [9.17, 15) is 14.4 Å². The van der Waals surface area contributed by atoms with Crippen LogP contribution in [0.2, 0.25) is 0 Å². The highest BCUT2D eigenvalue weighted by Crippen LogP contribution is 2.09. The lowest BCUT2D eigenvalue weighted by atomic mass is 10.2. The van der Waals surface area contributed by atoms with Gasteiger partial charge in [-0.25, -0.2) is 0 Å². The Morgan fingerprint density at radius 2 is 1.84 bits per heavy atom. The first kappa shape index (κ1) is 18.9. The summed E-state index contributed by atoms with van der Waals surface area (Å²) < 4.78 is 5.24. The maximum atomic E-state index is 12.4. The van der Waals surface area contributed by atoms with Crippen molar-refractivity contribution in [3.8, 4) is 0 Å². The molecule has 0 saturated carbocycles. The molecule has 0 aliphatic carbocycles. The number of nitrogens with zero attached hydrogens (tertiary/aromatic N) is 1. The standard InChI is InChI=1S/C17H24N4O4/c1-12(20(2)11-15(22)21-7-9-25-10-8-21)17(24)19-14-5-3-13(4-6-14)16(18)23/h3-6,12H,7-11H2,1-2H3,(H2,18,23)(H,19,24)/p+1/t12-/m0/s1. The van der Waals surface area contributed by atoms with E-state index >= 15 is 0 Å². The molecule has 4 N–H and O–H groups in total. The Balaban J connectivity index is 1.87. The predicted octanol–water partition coefficient (Wildman–Crippen LogP) is -1.51. The van der Waals surface area contributed by atoms with E-state index in [0.717, 1.165) is 4.90 Å². The molecular formula is C17H25N4O4+. The van der Waals surface area contributed by atoms with Crippen molar-refractivity contribution < 1.29 is 24.0 Å². The summed E-state index contributed by atoms with van der Waals surface area (Å²) in [5.74, 6) is -0.692. The number of rotatable bonds is 6. The van der Waals surface area contributed by atoms with Gasteiger partial charge in [-0.15, -0.1) is 0 Å². The van der Waals surface area contributed by atoms with Gasteiger partial charge in [-0.2, -0.15) is 0 Å². The third-order valence-electron chi connectivity index (χ3n) is 4.36. The monoisotopic (exact) mass is 349 g/mol. The Hall–Kier alpha value is -2.45. The molecule has 1 saturated heterocycles. The summed E-state index contributed by atoms with van der Waals surface area (Å²) >= 11 is 0. The van der Waals surface area contributed by atoms with Gasteiger partial charge in [0.25, 0.3) is 11.8 Å². The minimum atomic E-state index is -0.517. The van der Waals surface area contributed by atoms with Crippen LogP contribution in [0.4, 0.5) is 5.69 Å². The molecule has 8 heteroatoms. The molecule has 3 amide bonds. The number of morpholine rings is 1. The van der Waals surface area contributed by atoms with Crippen molar-refractivity contribution in [3.63, 3.8) is 0 Å². The summed E-state index contributed by atoms with van der Waals surface area (Å²) in [5.41, 5.74) is 6.14. The second-order valence-electron chi connectivity index (χ2n) is 6.17. The molecule has 0 radical (unpaired) electrons. The van der Waals surface area contributed by atoms with Crippen molar-refractivity contribution in [2.75, 3.05) is 45.2 Å². The third kappa shape index (κ3) is 5.27. The smallest absolute Gasteiger partial charge is 0.282 e. The number of anilines is 1. The maximum Gasteiger partial charge on any atom is 0.282 e. The molecule has 1 unspecified atom stereocenters. The molecule has 136 valence electrons. The molecule has 8 nitrogen and oxygen atoms in total. The van der Waals surface area contributed by atoms with E-state index in [1.165, 1.54) is 0 Å². The van der Waals surface area contributed by atoms with Crippen molar-refractivity contribution in [1.82, 2.24) is 4.90 Å². The van der Waals surface area contributed by atoms with Crippen molar-refractivity contribution in [2.24, 2.45) is 5.73 Å². The van der Waals surface area contributed by atoms with Crippen molar-refractivity contribution in [2.45, 2.75) is 13.0 Å². The van der Waals surface area contributed by atoms with Gasteiger partial charge in [-0.05, 0) is 31.2 Å². The zero-order valence-electron chi connectivity index (χ0n) is 14.6. The molecule has 1 aliphatic rings. The van der Waals surface area contributed by atoms with E-state index in [1.807, 2.05) is 7.05 Å². The second-order valence-corrected chi connectivity index (χ2v) is 6.17. The number of hydrogen-bond acceptors (Lipinski definition) is 4. The molecular weight excluding hydrogens is 324 g/mol. The fourth-order valence-electron chi connectivity index (χ4n) is 2.51. The highest BCUT2D eigenvalue weighted by molar-refractivity contribution is 5.96. The number of benzene rings is 1. The lowest BCUT2D eigenvalue weighted by Crippen LogP contribution is -3.15. The molecule has 1 fully saturated rings. The molecule has 2 atom stereocenters. The Morgan fingerprint density at radius 3 is 2.40 bits per heavy atom. The minimum Gasteiger partial charge on any atom is -0.378 e. The van der Waals surface area contributed by atoms with Crippen LogP contribution in [0.25, 0.3) is 0 Å². The largest absolute Gasteiger partial charge is 0.378 e. The average molecular weight is 349 g/mol. The van der Waals surface area contributed by atoms with Crippen LogP contribution < -0.4 is 16.0 Å². The zero-order chi connectivity index (χ0) is 18.4. The van der Waals surface area contributed by atoms with Gasteiger partial charge in [0.15, 0.2) is 12.6 Å². The van der Waals surface area contributed by atoms with E-state index in [-0.39, 0.29) is 18.4 Å². The number of primary amides is 1.